The van der Waals surface area contributed by atoms with Crippen molar-refractivity contribution >= 4 is 21.9 Å². The first-order chi connectivity index (χ1) is 16.3. The fourth-order valence-electron chi connectivity index (χ4n) is 3.40. The second-order valence-electron chi connectivity index (χ2n) is 7.87. The van der Waals surface area contributed by atoms with Crippen LogP contribution >= 0.6 is 0 Å². The normalized spacial score (nSPS) is 11.9. The molecule has 0 aliphatic rings. The number of hydrogen-bond acceptors (Lipinski definition) is 5. The first-order valence-corrected chi connectivity index (χ1v) is 12.1. The molecular formula is C26H24N4O3S. The highest BCUT2D eigenvalue weighted by atomic mass is 32.2. The zero-order chi connectivity index (χ0) is 24.1. The molecule has 0 spiro atoms. The number of carbonyl (C=O) groups is 1. The van der Waals surface area contributed by atoms with E-state index < -0.39 is 10.0 Å². The third-order valence-electron chi connectivity index (χ3n) is 5.24. The van der Waals surface area contributed by atoms with E-state index in [2.05, 4.69) is 4.98 Å². The Bertz CT molecular complexity index is 1410. The van der Waals surface area contributed by atoms with Crippen molar-refractivity contribution in [3.63, 3.8) is 0 Å². The van der Waals surface area contributed by atoms with E-state index in [4.69, 9.17) is 5.10 Å². The minimum atomic E-state index is -3.55. The number of rotatable bonds is 8. The maximum atomic E-state index is 12.8. The molecule has 2 aromatic carbocycles. The third kappa shape index (κ3) is 5.19. The number of hydrogen-bond donors (Lipinski definition) is 0. The van der Waals surface area contributed by atoms with Crippen molar-refractivity contribution in [3.05, 3.63) is 108 Å². The number of sulfonamides is 1. The van der Waals surface area contributed by atoms with E-state index in [1.165, 1.54) is 44.4 Å². The summed E-state index contributed by atoms with van der Waals surface area (Å²) in [5.74, 6) is -0.234. The van der Waals surface area contributed by atoms with Gasteiger partial charge >= 0.3 is 0 Å². The van der Waals surface area contributed by atoms with Crippen molar-refractivity contribution in [2.24, 2.45) is 0 Å². The van der Waals surface area contributed by atoms with Crippen molar-refractivity contribution < 1.29 is 13.2 Å². The summed E-state index contributed by atoms with van der Waals surface area (Å²) >= 11 is 0. The summed E-state index contributed by atoms with van der Waals surface area (Å²) in [5, 5.41) is 4.72. The highest BCUT2D eigenvalue weighted by Gasteiger charge is 2.17. The number of ketones is 1. The van der Waals surface area contributed by atoms with Gasteiger partial charge in [0.2, 0.25) is 10.0 Å². The molecule has 0 saturated heterocycles. The quantitative estimate of drug-likeness (QED) is 0.284. The average molecular weight is 473 g/mol. The molecule has 0 aliphatic carbocycles. The van der Waals surface area contributed by atoms with Gasteiger partial charge in [0.15, 0.2) is 5.78 Å². The minimum absolute atomic E-state index is 0.138. The molecule has 0 amide bonds. The van der Waals surface area contributed by atoms with Crippen LogP contribution in [0.15, 0.2) is 96.3 Å². The lowest BCUT2D eigenvalue weighted by atomic mass is 10.1. The van der Waals surface area contributed by atoms with Gasteiger partial charge in [-0.2, -0.15) is 5.10 Å². The van der Waals surface area contributed by atoms with Gasteiger partial charge in [-0.05, 0) is 54.1 Å². The SMILES string of the molecule is CN(C)S(=O)(=O)c1ccc(C(=O)/C=C/c2cn(Cc3ccccc3)nc2-c2cccnc2)cc1. The molecule has 2 aromatic heterocycles. The number of carbonyl (C=O) groups excluding carboxylic acids is 1. The van der Waals surface area contributed by atoms with Crippen molar-refractivity contribution in [1.82, 2.24) is 19.1 Å². The van der Waals surface area contributed by atoms with E-state index in [0.29, 0.717) is 12.1 Å². The fraction of sp³-hybridized carbons (Fsp3) is 0.115. The first-order valence-electron chi connectivity index (χ1n) is 10.6. The van der Waals surface area contributed by atoms with Gasteiger partial charge in [0.1, 0.15) is 5.69 Å². The summed E-state index contributed by atoms with van der Waals surface area (Å²) in [6, 6.07) is 19.7. The van der Waals surface area contributed by atoms with Crippen LogP contribution in [-0.4, -0.2) is 47.4 Å². The van der Waals surface area contributed by atoms with Gasteiger partial charge in [-0.15, -0.1) is 0 Å². The summed E-state index contributed by atoms with van der Waals surface area (Å²) in [7, 11) is -0.613. The summed E-state index contributed by atoms with van der Waals surface area (Å²) < 4.78 is 27.5. The van der Waals surface area contributed by atoms with Gasteiger partial charge in [0, 0.05) is 49.4 Å². The van der Waals surface area contributed by atoms with Gasteiger partial charge in [-0.25, -0.2) is 12.7 Å². The van der Waals surface area contributed by atoms with Gasteiger partial charge in [-0.1, -0.05) is 30.3 Å². The van der Waals surface area contributed by atoms with E-state index in [1.54, 1.807) is 18.5 Å². The Morgan fingerprint density at radius 2 is 1.74 bits per heavy atom. The van der Waals surface area contributed by atoms with Crippen LogP contribution in [0.4, 0.5) is 0 Å². The lowest BCUT2D eigenvalue weighted by molar-refractivity contribution is 0.104. The Balaban J connectivity index is 1.61. The Kier molecular flexibility index (Phi) is 6.81. The molecule has 0 fully saturated rings. The van der Waals surface area contributed by atoms with Gasteiger partial charge in [0.25, 0.3) is 0 Å². The second-order valence-corrected chi connectivity index (χ2v) is 10.0. The van der Waals surface area contributed by atoms with Crippen LogP contribution in [-0.2, 0) is 16.6 Å². The Hall–Kier alpha value is -3.88. The molecule has 0 N–H and O–H groups in total. The van der Waals surface area contributed by atoms with Crippen LogP contribution in [0.1, 0.15) is 21.5 Å². The Labute approximate surface area is 199 Å². The largest absolute Gasteiger partial charge is 0.289 e. The highest BCUT2D eigenvalue weighted by molar-refractivity contribution is 7.89. The van der Waals surface area contributed by atoms with Crippen molar-refractivity contribution in [3.8, 4) is 11.3 Å². The highest BCUT2D eigenvalue weighted by Crippen LogP contribution is 2.23. The minimum Gasteiger partial charge on any atom is -0.289 e. The molecule has 0 saturated carbocycles. The summed E-state index contributed by atoms with van der Waals surface area (Å²) in [6.07, 6.45) is 8.52. The van der Waals surface area contributed by atoms with Gasteiger partial charge in [-0.3, -0.25) is 14.5 Å². The zero-order valence-corrected chi connectivity index (χ0v) is 19.7. The molecule has 4 rings (SSSR count). The molecule has 0 bridgehead atoms. The predicted octanol–water partition coefficient (Wildman–Crippen LogP) is 4.14. The number of benzene rings is 2. The van der Waals surface area contributed by atoms with Crippen LogP contribution in [0, 0.1) is 0 Å². The molecule has 7 nitrogen and oxygen atoms in total. The molecule has 172 valence electrons. The monoisotopic (exact) mass is 472 g/mol. The predicted molar refractivity (Wildman–Crippen MR) is 132 cm³/mol. The fourth-order valence-corrected chi connectivity index (χ4v) is 4.30. The number of pyridine rings is 1. The van der Waals surface area contributed by atoms with E-state index in [1.807, 2.05) is 53.3 Å². The van der Waals surface area contributed by atoms with Gasteiger partial charge in [0.05, 0.1) is 11.4 Å². The number of nitrogens with zero attached hydrogens (tertiary/aromatic N) is 4. The lowest BCUT2D eigenvalue weighted by Crippen LogP contribution is -2.22. The average Bonchev–Trinajstić information content (AvgIpc) is 3.26. The Morgan fingerprint density at radius 1 is 1.00 bits per heavy atom. The van der Waals surface area contributed by atoms with Crippen molar-refractivity contribution in [1.29, 1.82) is 0 Å². The zero-order valence-electron chi connectivity index (χ0n) is 18.9. The molecular weight excluding hydrogens is 448 g/mol. The number of aromatic nitrogens is 3. The summed E-state index contributed by atoms with van der Waals surface area (Å²) in [6.45, 7) is 0.595. The first kappa shape index (κ1) is 23.3. The standard InChI is InChI=1S/C26H24N4O3S/c1-29(2)34(32,33)24-13-10-21(11-14-24)25(31)15-12-23-19-30(18-20-7-4-3-5-8-20)28-26(23)22-9-6-16-27-17-22/h3-17,19H,18H2,1-2H3/b15-12+. The maximum absolute atomic E-state index is 12.8. The summed E-state index contributed by atoms with van der Waals surface area (Å²) in [5.41, 5.74) is 3.86. The molecule has 0 aliphatic heterocycles. The van der Waals surface area contributed by atoms with E-state index >= 15 is 0 Å². The molecule has 0 atom stereocenters. The molecule has 0 unspecified atom stereocenters. The molecule has 34 heavy (non-hydrogen) atoms. The molecule has 0 radical (unpaired) electrons. The lowest BCUT2D eigenvalue weighted by Gasteiger charge is -2.11. The molecule has 2 heterocycles. The van der Waals surface area contributed by atoms with Crippen LogP contribution in [0.3, 0.4) is 0 Å². The maximum Gasteiger partial charge on any atom is 0.242 e. The number of allylic oxidation sites excluding steroid dienone is 1. The van der Waals surface area contributed by atoms with E-state index in [-0.39, 0.29) is 10.7 Å². The third-order valence-corrected chi connectivity index (χ3v) is 7.07. The van der Waals surface area contributed by atoms with Crippen molar-refractivity contribution in [2.45, 2.75) is 11.4 Å². The van der Waals surface area contributed by atoms with Crippen molar-refractivity contribution in [2.75, 3.05) is 14.1 Å². The van der Waals surface area contributed by atoms with E-state index in [0.717, 1.165) is 26.7 Å². The van der Waals surface area contributed by atoms with Gasteiger partial charge < -0.3 is 0 Å². The topological polar surface area (TPSA) is 85.2 Å². The summed E-state index contributed by atoms with van der Waals surface area (Å²) in [4.78, 5) is 17.1. The van der Waals surface area contributed by atoms with Crippen LogP contribution in [0.5, 0.6) is 0 Å². The second kappa shape index (κ2) is 9.94. The Morgan fingerprint density at radius 3 is 2.38 bits per heavy atom. The van der Waals surface area contributed by atoms with Crippen LogP contribution in [0.25, 0.3) is 17.3 Å². The smallest absolute Gasteiger partial charge is 0.242 e. The van der Waals surface area contributed by atoms with Crippen LogP contribution < -0.4 is 0 Å². The molecule has 4 aromatic rings. The van der Waals surface area contributed by atoms with E-state index in [9.17, 15) is 13.2 Å². The molecule has 8 heteroatoms. The van der Waals surface area contributed by atoms with Crippen LogP contribution in [0.2, 0.25) is 0 Å².